The summed E-state index contributed by atoms with van der Waals surface area (Å²) in [5.74, 6) is -0.726. The average molecular weight is 319 g/mol. The van der Waals surface area contributed by atoms with Gasteiger partial charge in [0.15, 0.2) is 5.75 Å². The highest BCUT2D eigenvalue weighted by Gasteiger charge is 2.17. The summed E-state index contributed by atoms with van der Waals surface area (Å²) >= 11 is 0. The first kappa shape index (κ1) is 17.1. The maximum absolute atomic E-state index is 10.3. The molecule has 0 atom stereocenters. The zero-order chi connectivity index (χ0) is 16.8. The van der Waals surface area contributed by atoms with Crippen LogP contribution in [-0.2, 0) is 0 Å². The normalized spacial score (nSPS) is 11.0. The van der Waals surface area contributed by atoms with Crippen molar-refractivity contribution in [2.24, 2.45) is 0 Å². The number of anilines is 1. The summed E-state index contributed by atoms with van der Waals surface area (Å²) in [4.78, 5) is 0. The lowest BCUT2D eigenvalue weighted by molar-refractivity contribution is 0.448. The summed E-state index contributed by atoms with van der Waals surface area (Å²) in [7, 11) is 0. The third-order valence-corrected chi connectivity index (χ3v) is 4.04. The van der Waals surface area contributed by atoms with Gasteiger partial charge in [-0.25, -0.2) is 0 Å². The van der Waals surface area contributed by atoms with Gasteiger partial charge in [-0.05, 0) is 18.6 Å². The molecule has 0 fully saturated rings. The number of hydrogen-bond acceptors (Lipinski definition) is 5. The molecule has 0 heterocycles. The molecule has 126 valence electrons. The molecule has 0 aliphatic rings. The Balaban J connectivity index is 2.07. The molecule has 0 aromatic heterocycles. The molecule has 2 rings (SSSR count). The maximum Gasteiger partial charge on any atom is 0.150 e. The van der Waals surface area contributed by atoms with Crippen molar-refractivity contribution in [2.75, 3.05) is 11.9 Å². The van der Waals surface area contributed by atoms with Crippen LogP contribution in [0, 0.1) is 0 Å². The summed E-state index contributed by atoms with van der Waals surface area (Å²) in [6, 6.07) is 3.93. The summed E-state index contributed by atoms with van der Waals surface area (Å²) in [6.07, 6.45) is 6.99. The number of fused-ring (bicyclic) bond motifs is 1. The number of benzene rings is 2. The van der Waals surface area contributed by atoms with Gasteiger partial charge in [0.2, 0.25) is 0 Å². The van der Waals surface area contributed by atoms with E-state index in [0.717, 1.165) is 12.8 Å². The Hall–Kier alpha value is -2.30. The Morgan fingerprint density at radius 1 is 0.783 bits per heavy atom. The van der Waals surface area contributed by atoms with Crippen LogP contribution in [-0.4, -0.2) is 27.0 Å². The number of phenolic OH excluding ortho intramolecular Hbond substituents is 4. The SMILES string of the molecule is CCCCCCCCNc1cc(O)c2c(O)ccc(O)c2c1O. The van der Waals surface area contributed by atoms with Crippen LogP contribution >= 0.6 is 0 Å². The van der Waals surface area contributed by atoms with Crippen LogP contribution in [0.3, 0.4) is 0 Å². The largest absolute Gasteiger partial charge is 0.507 e. The second kappa shape index (κ2) is 7.81. The second-order valence-electron chi connectivity index (χ2n) is 5.84. The fraction of sp³-hybridized carbons (Fsp3) is 0.444. The van der Waals surface area contributed by atoms with E-state index in [1.807, 2.05) is 0 Å². The Morgan fingerprint density at radius 3 is 2.09 bits per heavy atom. The van der Waals surface area contributed by atoms with Gasteiger partial charge in [-0.1, -0.05) is 39.0 Å². The molecule has 0 unspecified atom stereocenters. The first-order valence-electron chi connectivity index (χ1n) is 8.19. The van der Waals surface area contributed by atoms with Gasteiger partial charge in [0.1, 0.15) is 17.2 Å². The van der Waals surface area contributed by atoms with Crippen molar-refractivity contribution in [3.05, 3.63) is 18.2 Å². The van der Waals surface area contributed by atoms with Gasteiger partial charge < -0.3 is 25.7 Å². The van der Waals surface area contributed by atoms with Crippen molar-refractivity contribution in [3.63, 3.8) is 0 Å². The average Bonchev–Trinajstić information content (AvgIpc) is 2.53. The van der Waals surface area contributed by atoms with Crippen molar-refractivity contribution in [1.29, 1.82) is 0 Å². The molecule has 5 heteroatoms. The number of aromatic hydroxyl groups is 4. The molecular formula is C18H25NO4. The Kier molecular flexibility index (Phi) is 5.79. The Morgan fingerprint density at radius 2 is 1.39 bits per heavy atom. The fourth-order valence-corrected chi connectivity index (χ4v) is 2.75. The molecule has 0 bridgehead atoms. The van der Waals surface area contributed by atoms with Crippen LogP contribution in [0.2, 0.25) is 0 Å². The molecule has 0 saturated carbocycles. The van der Waals surface area contributed by atoms with Crippen molar-refractivity contribution >= 4 is 16.5 Å². The van der Waals surface area contributed by atoms with Crippen LogP contribution in [0.5, 0.6) is 23.0 Å². The third-order valence-electron chi connectivity index (χ3n) is 4.04. The summed E-state index contributed by atoms with van der Waals surface area (Å²) in [5.41, 5.74) is 0.351. The van der Waals surface area contributed by atoms with Gasteiger partial charge in [0.05, 0.1) is 16.5 Å². The van der Waals surface area contributed by atoms with Gasteiger partial charge in [0, 0.05) is 12.6 Å². The minimum absolute atomic E-state index is 0.0487. The van der Waals surface area contributed by atoms with E-state index in [-0.39, 0.29) is 33.8 Å². The molecular weight excluding hydrogens is 294 g/mol. The highest BCUT2D eigenvalue weighted by molar-refractivity contribution is 6.04. The van der Waals surface area contributed by atoms with E-state index in [1.165, 1.54) is 43.9 Å². The summed E-state index contributed by atoms with van der Waals surface area (Å²) in [5, 5.41) is 43.3. The summed E-state index contributed by atoms with van der Waals surface area (Å²) < 4.78 is 0. The van der Waals surface area contributed by atoms with Crippen molar-refractivity contribution in [3.8, 4) is 23.0 Å². The lowest BCUT2D eigenvalue weighted by atomic mass is 10.0. The minimum Gasteiger partial charge on any atom is -0.507 e. The zero-order valence-corrected chi connectivity index (χ0v) is 13.5. The van der Waals surface area contributed by atoms with E-state index in [4.69, 9.17) is 0 Å². The molecule has 0 aliphatic heterocycles. The molecule has 0 amide bonds. The van der Waals surface area contributed by atoms with E-state index in [0.29, 0.717) is 12.2 Å². The smallest absolute Gasteiger partial charge is 0.150 e. The lowest BCUT2D eigenvalue weighted by Crippen LogP contribution is -2.02. The van der Waals surface area contributed by atoms with E-state index in [2.05, 4.69) is 12.2 Å². The molecule has 2 aromatic carbocycles. The van der Waals surface area contributed by atoms with Gasteiger partial charge in [-0.15, -0.1) is 0 Å². The molecule has 2 aromatic rings. The first-order chi connectivity index (χ1) is 11.1. The number of phenols is 4. The number of unbranched alkanes of at least 4 members (excludes halogenated alkanes) is 5. The van der Waals surface area contributed by atoms with Crippen LogP contribution in [0.15, 0.2) is 18.2 Å². The molecule has 0 saturated heterocycles. The second-order valence-corrected chi connectivity index (χ2v) is 5.84. The third kappa shape index (κ3) is 3.92. The quantitative estimate of drug-likeness (QED) is 0.282. The predicted molar refractivity (Wildman–Crippen MR) is 92.5 cm³/mol. The van der Waals surface area contributed by atoms with E-state index in [9.17, 15) is 20.4 Å². The van der Waals surface area contributed by atoms with Crippen LogP contribution in [0.25, 0.3) is 10.8 Å². The lowest BCUT2D eigenvalue weighted by Gasteiger charge is -2.14. The number of hydrogen-bond donors (Lipinski definition) is 5. The molecule has 0 radical (unpaired) electrons. The highest BCUT2D eigenvalue weighted by atomic mass is 16.3. The predicted octanol–water partition coefficient (Wildman–Crippen LogP) is 4.43. The van der Waals surface area contributed by atoms with Gasteiger partial charge >= 0.3 is 0 Å². The van der Waals surface area contributed by atoms with Crippen molar-refractivity contribution < 1.29 is 20.4 Å². The fourth-order valence-electron chi connectivity index (χ4n) is 2.75. The van der Waals surface area contributed by atoms with E-state index >= 15 is 0 Å². The molecule has 0 aliphatic carbocycles. The maximum atomic E-state index is 10.3. The van der Waals surface area contributed by atoms with Gasteiger partial charge in [0.25, 0.3) is 0 Å². The zero-order valence-electron chi connectivity index (χ0n) is 13.5. The topological polar surface area (TPSA) is 93.0 Å². The molecule has 0 spiro atoms. The van der Waals surface area contributed by atoms with E-state index in [1.54, 1.807) is 0 Å². The van der Waals surface area contributed by atoms with Crippen molar-refractivity contribution in [1.82, 2.24) is 0 Å². The monoisotopic (exact) mass is 319 g/mol. The van der Waals surface area contributed by atoms with Crippen LogP contribution < -0.4 is 5.32 Å². The Labute approximate surface area is 136 Å². The van der Waals surface area contributed by atoms with Gasteiger partial charge in [-0.2, -0.15) is 0 Å². The highest BCUT2D eigenvalue weighted by Crippen LogP contribution is 2.46. The van der Waals surface area contributed by atoms with Gasteiger partial charge in [-0.3, -0.25) is 0 Å². The van der Waals surface area contributed by atoms with Crippen molar-refractivity contribution in [2.45, 2.75) is 45.4 Å². The Bertz CT molecular complexity index is 670. The molecule has 5 N–H and O–H groups in total. The molecule has 5 nitrogen and oxygen atoms in total. The summed E-state index contributed by atoms with van der Waals surface area (Å²) in [6.45, 7) is 2.86. The number of rotatable bonds is 8. The van der Waals surface area contributed by atoms with E-state index < -0.39 is 0 Å². The standard InChI is InChI=1S/C18H25NO4/c1-2-3-4-5-6-7-10-19-12-11-15(22)16-13(20)8-9-14(21)17(16)18(12)23/h8-9,11,19-23H,2-7,10H2,1H3. The minimum atomic E-state index is -0.187. The first-order valence-corrected chi connectivity index (χ1v) is 8.19. The molecule has 23 heavy (non-hydrogen) atoms. The number of nitrogens with one attached hydrogen (secondary N) is 1. The van der Waals surface area contributed by atoms with Crippen LogP contribution in [0.4, 0.5) is 5.69 Å². The van der Waals surface area contributed by atoms with Crippen LogP contribution in [0.1, 0.15) is 45.4 Å².